The van der Waals surface area contributed by atoms with Gasteiger partial charge in [0.1, 0.15) is 0 Å². The molecular weight excluding hydrogens is 206 g/mol. The van der Waals surface area contributed by atoms with Gasteiger partial charge in [-0.05, 0) is 42.7 Å². The second-order valence-electron chi connectivity index (χ2n) is 5.74. The highest BCUT2D eigenvalue weighted by molar-refractivity contribution is 5.24. The molecule has 0 heterocycles. The molecule has 0 unspecified atom stereocenters. The van der Waals surface area contributed by atoms with Crippen molar-refractivity contribution in [3.05, 3.63) is 35.4 Å². The molecule has 2 rings (SSSR count). The molecule has 1 saturated carbocycles. The van der Waals surface area contributed by atoms with E-state index in [2.05, 4.69) is 50.4 Å². The monoisotopic (exact) mass is 231 g/mol. The first kappa shape index (κ1) is 12.6. The van der Waals surface area contributed by atoms with Gasteiger partial charge in [-0.2, -0.15) is 0 Å². The van der Waals surface area contributed by atoms with Crippen LogP contribution in [0.2, 0.25) is 0 Å². The number of rotatable bonds is 5. The maximum Gasteiger partial charge on any atom is 0.0210 e. The molecule has 0 atom stereocenters. The van der Waals surface area contributed by atoms with Gasteiger partial charge in [0.15, 0.2) is 0 Å². The van der Waals surface area contributed by atoms with Crippen molar-refractivity contribution in [2.75, 3.05) is 0 Å². The third-order valence-corrected chi connectivity index (χ3v) is 4.30. The molecule has 1 aliphatic rings. The summed E-state index contributed by atoms with van der Waals surface area (Å²) in [5.41, 5.74) is 3.30. The predicted molar refractivity (Wildman–Crippen MR) is 74.2 cm³/mol. The lowest BCUT2D eigenvalue weighted by Gasteiger charge is -2.42. The van der Waals surface area contributed by atoms with Gasteiger partial charge in [0, 0.05) is 12.1 Å². The first-order chi connectivity index (χ1) is 8.15. The molecule has 17 heavy (non-hydrogen) atoms. The van der Waals surface area contributed by atoms with Crippen molar-refractivity contribution in [2.45, 2.75) is 64.5 Å². The molecule has 1 nitrogen and oxygen atoms in total. The Kier molecular flexibility index (Phi) is 3.88. The van der Waals surface area contributed by atoms with Gasteiger partial charge in [-0.25, -0.2) is 0 Å². The second-order valence-corrected chi connectivity index (χ2v) is 5.74. The minimum absolute atomic E-state index is 0.455. The maximum absolute atomic E-state index is 3.75. The quantitative estimate of drug-likeness (QED) is 0.799. The van der Waals surface area contributed by atoms with Crippen LogP contribution in [-0.2, 0) is 6.54 Å². The van der Waals surface area contributed by atoms with E-state index in [0.29, 0.717) is 11.5 Å². The van der Waals surface area contributed by atoms with E-state index in [4.69, 9.17) is 0 Å². The minimum Gasteiger partial charge on any atom is -0.307 e. The van der Waals surface area contributed by atoms with Crippen LogP contribution < -0.4 is 5.32 Å². The highest BCUT2D eigenvalue weighted by Crippen LogP contribution is 2.34. The van der Waals surface area contributed by atoms with Crippen molar-refractivity contribution >= 4 is 0 Å². The van der Waals surface area contributed by atoms with Crippen LogP contribution in [-0.4, -0.2) is 5.54 Å². The summed E-state index contributed by atoms with van der Waals surface area (Å²) in [5.74, 6) is 0.630. The van der Waals surface area contributed by atoms with E-state index < -0.39 is 0 Å². The molecule has 1 fully saturated rings. The van der Waals surface area contributed by atoms with Crippen molar-refractivity contribution in [3.63, 3.8) is 0 Å². The molecule has 0 radical (unpaired) electrons. The van der Waals surface area contributed by atoms with Crippen molar-refractivity contribution in [1.29, 1.82) is 0 Å². The molecule has 1 aliphatic carbocycles. The van der Waals surface area contributed by atoms with Crippen LogP contribution in [0.25, 0.3) is 0 Å². The average molecular weight is 231 g/mol. The minimum atomic E-state index is 0.455. The third-order valence-electron chi connectivity index (χ3n) is 4.30. The molecule has 0 aromatic heterocycles. The summed E-state index contributed by atoms with van der Waals surface area (Å²) in [5, 5.41) is 3.75. The lowest BCUT2D eigenvalue weighted by atomic mass is 9.75. The van der Waals surface area contributed by atoms with Crippen LogP contribution in [0.15, 0.2) is 24.3 Å². The number of hydrogen-bond donors (Lipinski definition) is 1. The van der Waals surface area contributed by atoms with E-state index in [1.54, 1.807) is 0 Å². The zero-order valence-corrected chi connectivity index (χ0v) is 11.4. The normalized spacial score (nSPS) is 18.1. The Morgan fingerprint density at radius 2 is 1.82 bits per heavy atom. The van der Waals surface area contributed by atoms with E-state index in [0.717, 1.165) is 6.54 Å². The Bertz CT molecular complexity index is 341. The third kappa shape index (κ3) is 2.90. The Morgan fingerprint density at radius 1 is 1.18 bits per heavy atom. The molecule has 1 N–H and O–H groups in total. The molecule has 94 valence electrons. The lowest BCUT2D eigenvalue weighted by Crippen LogP contribution is -2.49. The van der Waals surface area contributed by atoms with Gasteiger partial charge < -0.3 is 5.32 Å². The zero-order chi connectivity index (χ0) is 12.3. The van der Waals surface area contributed by atoms with E-state index in [-0.39, 0.29) is 0 Å². The van der Waals surface area contributed by atoms with E-state index >= 15 is 0 Å². The molecule has 1 aromatic carbocycles. The van der Waals surface area contributed by atoms with E-state index in [9.17, 15) is 0 Å². The molecular formula is C16H25N. The van der Waals surface area contributed by atoms with Gasteiger partial charge in [-0.1, -0.05) is 45.0 Å². The molecule has 0 spiro atoms. The van der Waals surface area contributed by atoms with Gasteiger partial charge in [-0.15, -0.1) is 0 Å². The molecule has 0 aliphatic heterocycles. The van der Waals surface area contributed by atoms with Gasteiger partial charge >= 0.3 is 0 Å². The van der Waals surface area contributed by atoms with Gasteiger partial charge in [0.2, 0.25) is 0 Å². The Balaban J connectivity index is 1.91. The Hall–Kier alpha value is -0.820. The van der Waals surface area contributed by atoms with Crippen LogP contribution >= 0.6 is 0 Å². The molecule has 1 heteroatoms. The summed E-state index contributed by atoms with van der Waals surface area (Å²) >= 11 is 0. The lowest BCUT2D eigenvalue weighted by molar-refractivity contribution is 0.175. The van der Waals surface area contributed by atoms with Gasteiger partial charge in [0.25, 0.3) is 0 Å². The highest BCUT2D eigenvalue weighted by atomic mass is 15.0. The van der Waals surface area contributed by atoms with Crippen molar-refractivity contribution in [3.8, 4) is 0 Å². The number of benzene rings is 1. The highest BCUT2D eigenvalue weighted by Gasteiger charge is 2.33. The van der Waals surface area contributed by atoms with Crippen LogP contribution in [0, 0.1) is 0 Å². The van der Waals surface area contributed by atoms with E-state index in [1.807, 2.05) is 0 Å². The topological polar surface area (TPSA) is 12.0 Å². The van der Waals surface area contributed by atoms with Crippen molar-refractivity contribution < 1.29 is 0 Å². The number of hydrogen-bond acceptors (Lipinski definition) is 1. The van der Waals surface area contributed by atoms with E-state index in [1.165, 1.54) is 36.8 Å². The van der Waals surface area contributed by atoms with Crippen molar-refractivity contribution in [1.82, 2.24) is 5.32 Å². The summed E-state index contributed by atoms with van der Waals surface area (Å²) in [7, 11) is 0. The zero-order valence-electron chi connectivity index (χ0n) is 11.4. The van der Waals surface area contributed by atoms with Crippen LogP contribution in [0.4, 0.5) is 0 Å². The summed E-state index contributed by atoms with van der Waals surface area (Å²) < 4.78 is 0. The Labute approximate surface area is 106 Å². The van der Waals surface area contributed by atoms with Crippen LogP contribution in [0.5, 0.6) is 0 Å². The van der Waals surface area contributed by atoms with Crippen molar-refractivity contribution in [2.24, 2.45) is 0 Å². The standard InChI is InChI=1S/C16H25N/c1-4-16(10-5-11-16)17-12-14-6-8-15(9-7-14)13(2)3/h6-9,13,17H,4-5,10-12H2,1-3H3. The average Bonchev–Trinajstić information content (AvgIpc) is 2.29. The summed E-state index contributed by atoms with van der Waals surface area (Å²) in [6.45, 7) is 7.81. The molecule has 0 bridgehead atoms. The van der Waals surface area contributed by atoms with Gasteiger partial charge in [0.05, 0.1) is 0 Å². The fourth-order valence-electron chi connectivity index (χ4n) is 2.57. The molecule has 0 saturated heterocycles. The maximum atomic E-state index is 3.75. The SMILES string of the molecule is CCC1(NCc2ccc(C(C)C)cc2)CCC1. The largest absolute Gasteiger partial charge is 0.307 e. The smallest absolute Gasteiger partial charge is 0.0210 e. The second kappa shape index (κ2) is 5.22. The number of nitrogens with one attached hydrogen (secondary N) is 1. The summed E-state index contributed by atoms with van der Waals surface area (Å²) in [4.78, 5) is 0. The van der Waals surface area contributed by atoms with Crippen LogP contribution in [0.1, 0.15) is 63.5 Å². The summed E-state index contributed by atoms with van der Waals surface area (Å²) in [6, 6.07) is 9.07. The predicted octanol–water partition coefficient (Wildman–Crippen LogP) is 4.23. The Morgan fingerprint density at radius 3 is 2.24 bits per heavy atom. The van der Waals surface area contributed by atoms with Crippen LogP contribution in [0.3, 0.4) is 0 Å². The molecule has 1 aromatic rings. The fourth-order valence-corrected chi connectivity index (χ4v) is 2.57. The summed E-state index contributed by atoms with van der Waals surface area (Å²) in [6.07, 6.45) is 5.37. The molecule has 0 amide bonds. The first-order valence-electron chi connectivity index (χ1n) is 6.99. The van der Waals surface area contributed by atoms with Gasteiger partial charge in [-0.3, -0.25) is 0 Å². The fraction of sp³-hybridized carbons (Fsp3) is 0.625. The first-order valence-corrected chi connectivity index (χ1v) is 6.99.